The Balaban J connectivity index is -0.000000421. The molecule has 4 rings (SSSR count). The maximum Gasteiger partial charge on any atom is 0.141 e. The molecule has 0 amide bonds. The zero-order chi connectivity index (χ0) is 26.5. The number of pyridine rings is 2. The predicted molar refractivity (Wildman–Crippen MR) is 155 cm³/mol. The van der Waals surface area contributed by atoms with Crippen molar-refractivity contribution < 1.29 is 15.7 Å². The first kappa shape index (κ1) is 36.4. The van der Waals surface area contributed by atoms with Crippen molar-refractivity contribution in [2.45, 2.75) is 82.1 Å². The fourth-order valence-electron chi connectivity index (χ4n) is 2.46. The van der Waals surface area contributed by atoms with Gasteiger partial charge in [0.25, 0.3) is 0 Å². The topological polar surface area (TPSA) is 97.7 Å². The smallest absolute Gasteiger partial charge is 0.141 e. The number of fused-ring (bicyclic) bond motifs is 2. The van der Waals surface area contributed by atoms with E-state index in [-0.39, 0.29) is 17.0 Å². The summed E-state index contributed by atoms with van der Waals surface area (Å²) in [5.74, 6) is 0.493. The van der Waals surface area contributed by atoms with Crippen molar-refractivity contribution in [2.24, 2.45) is 0 Å². The van der Waals surface area contributed by atoms with Crippen LogP contribution in [0.4, 0.5) is 0 Å². The Morgan fingerprint density at radius 1 is 0.543 bits per heavy atom. The van der Waals surface area contributed by atoms with E-state index in [1.165, 1.54) is 12.8 Å². The third-order valence-electron chi connectivity index (χ3n) is 3.68. The second kappa shape index (κ2) is 22.6. The highest BCUT2D eigenvalue weighted by Gasteiger charge is 1.99. The van der Waals surface area contributed by atoms with Gasteiger partial charge in [-0.2, -0.15) is 0 Å². The summed E-state index contributed by atoms with van der Waals surface area (Å²) in [6.45, 7) is 20.3. The van der Waals surface area contributed by atoms with Gasteiger partial charge in [0.2, 0.25) is 0 Å². The van der Waals surface area contributed by atoms with Crippen molar-refractivity contribution in [2.75, 3.05) is 0 Å². The van der Waals surface area contributed by atoms with Gasteiger partial charge in [-0.3, -0.25) is 0 Å². The van der Waals surface area contributed by atoms with Crippen LogP contribution in [0.1, 0.15) is 79.6 Å². The molecule has 0 saturated heterocycles. The third kappa shape index (κ3) is 14.0. The number of hydrogen-bond donors (Lipinski definition) is 2. The van der Waals surface area contributed by atoms with Gasteiger partial charge in [-0.05, 0) is 38.1 Å². The van der Waals surface area contributed by atoms with Crippen molar-refractivity contribution in [3.8, 4) is 11.5 Å². The van der Waals surface area contributed by atoms with E-state index >= 15 is 0 Å². The number of nitrogens with zero attached hydrogens (tertiary/aromatic N) is 2. The van der Waals surface area contributed by atoms with Crippen molar-refractivity contribution in [3.63, 3.8) is 0 Å². The lowest BCUT2D eigenvalue weighted by molar-refractivity contribution is 0.480. The van der Waals surface area contributed by atoms with Crippen LogP contribution in [0.2, 0.25) is 0 Å². The molecule has 35 heavy (non-hydrogen) atoms. The number of aromatic hydroxyl groups is 2. The van der Waals surface area contributed by atoms with Crippen LogP contribution < -0.4 is 0 Å². The van der Waals surface area contributed by atoms with E-state index in [2.05, 4.69) is 37.7 Å². The molecular weight excluding hydrogens is 436 g/mol. The van der Waals surface area contributed by atoms with Crippen molar-refractivity contribution in [1.82, 2.24) is 9.97 Å². The Bertz CT molecular complexity index is 965. The molecule has 0 unspecified atom stereocenters. The molecule has 0 bridgehead atoms. The number of hydrogen-bond acceptors (Lipinski definition) is 4. The lowest BCUT2D eigenvalue weighted by atomic mass is 10.2. The fourth-order valence-corrected chi connectivity index (χ4v) is 2.46. The number of aromatic nitrogens is 2. The molecule has 0 spiro atoms. The summed E-state index contributed by atoms with van der Waals surface area (Å²) in [5.41, 5.74) is 3.20. The van der Waals surface area contributed by atoms with Crippen LogP contribution in [-0.4, -0.2) is 25.7 Å². The van der Waals surface area contributed by atoms with Gasteiger partial charge in [0, 0.05) is 22.2 Å². The van der Waals surface area contributed by atoms with Gasteiger partial charge in [-0.15, -0.1) is 0 Å². The molecule has 5 heteroatoms. The molecule has 196 valence electrons. The van der Waals surface area contributed by atoms with Gasteiger partial charge >= 0.3 is 0 Å². The first-order chi connectivity index (χ1) is 16.4. The Labute approximate surface area is 213 Å². The summed E-state index contributed by atoms with van der Waals surface area (Å²) < 4.78 is 0. The Kier molecular flexibility index (Phi) is 23.5. The van der Waals surface area contributed by atoms with Crippen LogP contribution in [0, 0.1) is 13.8 Å². The largest absolute Gasteiger partial charge is 0.506 e. The van der Waals surface area contributed by atoms with E-state index in [0.29, 0.717) is 11.0 Å². The Morgan fingerprint density at radius 2 is 0.829 bits per heavy atom. The van der Waals surface area contributed by atoms with E-state index in [0.717, 1.165) is 22.2 Å². The van der Waals surface area contributed by atoms with Crippen molar-refractivity contribution in [3.05, 3.63) is 72.1 Å². The monoisotopic (exact) mass is 484 g/mol. The van der Waals surface area contributed by atoms with Gasteiger partial charge in [-0.1, -0.05) is 105 Å². The Morgan fingerprint density at radius 3 is 1.11 bits per heavy atom. The molecule has 5 nitrogen and oxygen atoms in total. The summed E-state index contributed by atoms with van der Waals surface area (Å²) in [7, 11) is 0. The average Bonchev–Trinajstić information content (AvgIpc) is 2.84. The number of rotatable bonds is 0. The highest BCUT2D eigenvalue weighted by Crippen LogP contribution is 2.22. The van der Waals surface area contributed by atoms with Crippen LogP contribution in [0.3, 0.4) is 0 Å². The minimum atomic E-state index is 0. The summed E-state index contributed by atoms with van der Waals surface area (Å²) in [6.07, 6.45) is 2.50. The summed E-state index contributed by atoms with van der Waals surface area (Å²) >= 11 is 0. The molecule has 0 saturated carbocycles. The molecule has 0 radical (unpaired) electrons. The number of phenols is 2. The van der Waals surface area contributed by atoms with Crippen LogP contribution in [0.5, 0.6) is 11.5 Å². The number of aryl methyl sites for hydroxylation is 2. The first-order valence-electron chi connectivity index (χ1n) is 12.5. The fraction of sp³-hybridized carbons (Fsp3) is 0.400. The van der Waals surface area contributed by atoms with Gasteiger partial charge < -0.3 is 15.7 Å². The Hall–Kier alpha value is -3.18. The molecule has 0 aliphatic heterocycles. The molecule has 0 atom stereocenters. The lowest BCUT2D eigenvalue weighted by Crippen LogP contribution is -1.82. The van der Waals surface area contributed by atoms with Gasteiger partial charge in [-0.25, -0.2) is 9.97 Å². The van der Waals surface area contributed by atoms with Crippen LogP contribution in [0.25, 0.3) is 21.8 Å². The maximum atomic E-state index is 9.43. The summed E-state index contributed by atoms with van der Waals surface area (Å²) in [5, 5.41) is 20.8. The van der Waals surface area contributed by atoms with Crippen LogP contribution in [0.15, 0.2) is 60.7 Å². The van der Waals surface area contributed by atoms with Gasteiger partial charge in [0.1, 0.15) is 22.5 Å². The second-order valence-corrected chi connectivity index (χ2v) is 7.02. The molecule has 0 aliphatic carbocycles. The molecular formula is C30H48N2O3. The zero-order valence-electron chi connectivity index (χ0n) is 23.5. The normalized spacial score (nSPS) is 8.51. The molecule has 0 fully saturated rings. The van der Waals surface area contributed by atoms with Crippen molar-refractivity contribution >= 4 is 21.8 Å². The molecule has 2 heterocycles. The van der Waals surface area contributed by atoms with E-state index in [4.69, 9.17) is 0 Å². The van der Waals surface area contributed by atoms with E-state index in [1.807, 2.05) is 90.1 Å². The van der Waals surface area contributed by atoms with E-state index < -0.39 is 0 Å². The minimum Gasteiger partial charge on any atom is -0.506 e. The molecule has 4 N–H and O–H groups in total. The van der Waals surface area contributed by atoms with Crippen molar-refractivity contribution in [1.29, 1.82) is 0 Å². The third-order valence-corrected chi connectivity index (χ3v) is 3.68. The number of benzene rings is 2. The molecule has 2 aromatic heterocycles. The highest BCUT2D eigenvalue weighted by molar-refractivity contribution is 5.84. The van der Waals surface area contributed by atoms with E-state index in [9.17, 15) is 10.2 Å². The maximum absolute atomic E-state index is 9.43. The number of para-hydroxylation sites is 2. The van der Waals surface area contributed by atoms with Crippen LogP contribution in [-0.2, 0) is 0 Å². The van der Waals surface area contributed by atoms with Gasteiger partial charge in [0.05, 0.1) is 0 Å². The highest BCUT2D eigenvalue weighted by atomic mass is 16.3. The van der Waals surface area contributed by atoms with Crippen LogP contribution >= 0.6 is 0 Å². The standard InChI is InChI=1S/2C10H9NO.2C3H8.2C2H6.H2O/c2*1-7-5-6-8-3-2-4-9(12)10(8)11-7;2*1-3-2;2*1-2;/h2*2-6,12H,1H3;2*3H2,1-2H3;2*1-2H3;1H2. The predicted octanol–water partition coefficient (Wildman–Crippen LogP) is 8.56. The number of phenolic OH excluding ortho intramolecular Hbond substituents is 2. The lowest BCUT2D eigenvalue weighted by Gasteiger charge is -1.99. The summed E-state index contributed by atoms with van der Waals surface area (Å²) in [4.78, 5) is 8.45. The minimum absolute atomic E-state index is 0. The van der Waals surface area contributed by atoms with Gasteiger partial charge in [0.15, 0.2) is 0 Å². The van der Waals surface area contributed by atoms with E-state index in [1.54, 1.807) is 12.1 Å². The zero-order valence-corrected chi connectivity index (χ0v) is 23.5. The first-order valence-corrected chi connectivity index (χ1v) is 12.5. The average molecular weight is 485 g/mol. The SMILES string of the molecule is CC.CC.CCC.CCC.Cc1ccc2cccc(O)c2n1.Cc1ccc2cccc(O)c2n1.O. The molecule has 2 aromatic carbocycles. The summed E-state index contributed by atoms with van der Waals surface area (Å²) in [6, 6.07) is 18.6. The molecule has 0 aliphatic rings. The quantitative estimate of drug-likeness (QED) is 0.261. The second-order valence-electron chi connectivity index (χ2n) is 7.02. The molecule has 4 aromatic rings.